The molecule has 0 saturated heterocycles. The summed E-state index contributed by atoms with van der Waals surface area (Å²) in [5.41, 5.74) is 2.76. The number of nitrogens with zero attached hydrogens (tertiary/aromatic N) is 1. The Hall–Kier alpha value is -1.16. The minimum Gasteiger partial charge on any atom is -0.312 e. The predicted octanol–water partition coefficient (Wildman–Crippen LogP) is 2.95. The van der Waals surface area contributed by atoms with Crippen LogP contribution in [0.2, 0.25) is 0 Å². The van der Waals surface area contributed by atoms with Gasteiger partial charge in [-0.15, -0.1) is 0 Å². The van der Waals surface area contributed by atoms with Crippen LogP contribution < -0.4 is 4.90 Å². The fourth-order valence-electron chi connectivity index (χ4n) is 2.23. The molecule has 2 rings (SSSR count). The summed E-state index contributed by atoms with van der Waals surface area (Å²) in [4.78, 5) is 25.3. The number of rotatable bonds is 3. The lowest BCUT2D eigenvalue weighted by atomic mass is 10.0. The lowest BCUT2D eigenvalue weighted by Crippen LogP contribution is -2.27. The third-order valence-electron chi connectivity index (χ3n) is 3.22. The van der Waals surface area contributed by atoms with Gasteiger partial charge in [-0.25, -0.2) is 0 Å². The van der Waals surface area contributed by atoms with Gasteiger partial charge in [-0.3, -0.25) is 9.59 Å². The van der Waals surface area contributed by atoms with Crippen molar-refractivity contribution >= 4 is 33.3 Å². The van der Waals surface area contributed by atoms with E-state index in [2.05, 4.69) is 15.9 Å². The monoisotopic (exact) mass is 309 g/mol. The number of carbonyl (C=O) groups excluding carboxylic acids is 2. The first-order chi connectivity index (χ1) is 8.54. The normalized spacial score (nSPS) is 15.4. The van der Waals surface area contributed by atoms with E-state index < -0.39 is 0 Å². The Balaban J connectivity index is 2.31. The van der Waals surface area contributed by atoms with Gasteiger partial charge in [0.05, 0.1) is 4.83 Å². The van der Waals surface area contributed by atoms with Crippen molar-refractivity contribution < 1.29 is 9.59 Å². The second-order valence-corrected chi connectivity index (χ2v) is 5.85. The second-order valence-electron chi connectivity index (χ2n) is 4.47. The second kappa shape index (κ2) is 5.22. The fourth-order valence-corrected chi connectivity index (χ4v) is 2.50. The molecule has 0 radical (unpaired) electrons. The topological polar surface area (TPSA) is 37.4 Å². The number of ketones is 1. The molecule has 0 bridgehead atoms. The summed E-state index contributed by atoms with van der Waals surface area (Å²) in [6.07, 6.45) is 1.34. The Bertz CT molecular complexity index is 497. The summed E-state index contributed by atoms with van der Waals surface area (Å²) in [6, 6.07) is 5.61. The minimum atomic E-state index is -0.176. The highest BCUT2D eigenvalue weighted by Gasteiger charge is 2.24. The van der Waals surface area contributed by atoms with Crippen molar-refractivity contribution in [3.8, 4) is 0 Å². The molecule has 1 amide bonds. The molecule has 1 atom stereocenters. The molecule has 0 aromatic heterocycles. The van der Waals surface area contributed by atoms with E-state index in [4.69, 9.17) is 0 Å². The summed E-state index contributed by atoms with van der Waals surface area (Å²) in [5, 5.41) is 0. The van der Waals surface area contributed by atoms with Crippen LogP contribution in [-0.4, -0.2) is 23.1 Å². The van der Waals surface area contributed by atoms with Crippen LogP contribution >= 0.6 is 15.9 Å². The van der Waals surface area contributed by atoms with Crippen molar-refractivity contribution in [2.75, 3.05) is 11.4 Å². The number of benzene rings is 1. The number of carbonyl (C=O) groups is 2. The maximum atomic E-state index is 11.9. The van der Waals surface area contributed by atoms with Gasteiger partial charge in [0.1, 0.15) is 0 Å². The Morgan fingerprint density at radius 2 is 2.17 bits per heavy atom. The van der Waals surface area contributed by atoms with Gasteiger partial charge in [-0.1, -0.05) is 22.9 Å². The third-order valence-corrected chi connectivity index (χ3v) is 3.64. The van der Waals surface area contributed by atoms with E-state index in [1.807, 2.05) is 26.0 Å². The first kappa shape index (κ1) is 13.3. The van der Waals surface area contributed by atoms with E-state index in [-0.39, 0.29) is 16.5 Å². The molecule has 1 aliphatic rings. The van der Waals surface area contributed by atoms with Crippen molar-refractivity contribution in [1.82, 2.24) is 0 Å². The van der Waals surface area contributed by atoms with Gasteiger partial charge in [-0.05, 0) is 37.1 Å². The van der Waals surface area contributed by atoms with Crippen molar-refractivity contribution in [1.29, 1.82) is 0 Å². The van der Waals surface area contributed by atoms with Gasteiger partial charge < -0.3 is 4.90 Å². The molecule has 1 unspecified atom stereocenters. The Morgan fingerprint density at radius 3 is 2.78 bits per heavy atom. The molecule has 0 aliphatic carbocycles. The molecule has 3 nitrogen and oxygen atoms in total. The molecule has 1 aromatic rings. The fraction of sp³-hybridized carbons (Fsp3) is 0.429. The maximum absolute atomic E-state index is 11.9. The van der Waals surface area contributed by atoms with Crippen LogP contribution in [0.15, 0.2) is 18.2 Å². The number of fused-ring (bicyclic) bond motifs is 1. The number of alkyl halides is 1. The van der Waals surface area contributed by atoms with Crippen LogP contribution in [0.5, 0.6) is 0 Å². The summed E-state index contributed by atoms with van der Waals surface area (Å²) in [7, 11) is 0. The number of amides is 1. The molecule has 0 N–H and O–H groups in total. The number of anilines is 1. The van der Waals surface area contributed by atoms with Gasteiger partial charge in [0.25, 0.3) is 0 Å². The van der Waals surface area contributed by atoms with Crippen LogP contribution in [0.4, 0.5) is 5.69 Å². The van der Waals surface area contributed by atoms with E-state index in [0.717, 1.165) is 24.2 Å². The van der Waals surface area contributed by atoms with Gasteiger partial charge in [0, 0.05) is 24.2 Å². The lowest BCUT2D eigenvalue weighted by Gasteiger charge is -2.16. The number of halogens is 1. The van der Waals surface area contributed by atoms with E-state index in [1.165, 1.54) is 0 Å². The van der Waals surface area contributed by atoms with Crippen molar-refractivity contribution in [3.05, 3.63) is 29.3 Å². The zero-order chi connectivity index (χ0) is 13.3. The van der Waals surface area contributed by atoms with E-state index >= 15 is 0 Å². The Morgan fingerprint density at radius 1 is 1.44 bits per heavy atom. The molecule has 0 saturated carbocycles. The van der Waals surface area contributed by atoms with Crippen LogP contribution in [-0.2, 0) is 11.2 Å². The first-order valence-electron chi connectivity index (χ1n) is 6.16. The molecule has 1 aromatic carbocycles. The van der Waals surface area contributed by atoms with Gasteiger partial charge in [-0.2, -0.15) is 0 Å². The number of hydrogen-bond acceptors (Lipinski definition) is 2. The molecule has 0 fully saturated rings. The average molecular weight is 310 g/mol. The number of hydrogen-bond donors (Lipinski definition) is 0. The molecule has 18 heavy (non-hydrogen) atoms. The largest absolute Gasteiger partial charge is 0.312 e. The summed E-state index contributed by atoms with van der Waals surface area (Å²) >= 11 is 3.29. The SMILES string of the molecule is CCC(=O)N1CCc2cc(C(=O)C(C)Br)ccc21. The highest BCUT2D eigenvalue weighted by Crippen LogP contribution is 2.30. The molecule has 1 heterocycles. The highest BCUT2D eigenvalue weighted by atomic mass is 79.9. The van der Waals surface area contributed by atoms with Crippen LogP contribution in [0.25, 0.3) is 0 Å². The average Bonchev–Trinajstić information content (AvgIpc) is 2.79. The van der Waals surface area contributed by atoms with Crippen molar-refractivity contribution in [2.24, 2.45) is 0 Å². The molecule has 4 heteroatoms. The number of Topliss-reactive ketones (excluding diaryl/α,β-unsaturated/α-hetero) is 1. The molecule has 96 valence electrons. The lowest BCUT2D eigenvalue weighted by molar-refractivity contribution is -0.118. The molecular weight excluding hydrogens is 294 g/mol. The zero-order valence-corrected chi connectivity index (χ0v) is 12.2. The smallest absolute Gasteiger partial charge is 0.226 e. The standard InChI is InChI=1S/C14H16BrNO2/c1-3-13(17)16-7-6-10-8-11(4-5-12(10)16)14(18)9(2)15/h4-5,8-9H,3,6-7H2,1-2H3. The van der Waals surface area contributed by atoms with Crippen molar-refractivity contribution in [2.45, 2.75) is 31.5 Å². The van der Waals surface area contributed by atoms with Crippen LogP contribution in [0.1, 0.15) is 36.2 Å². The van der Waals surface area contributed by atoms with Crippen LogP contribution in [0, 0.1) is 0 Å². The predicted molar refractivity (Wildman–Crippen MR) is 75.5 cm³/mol. The summed E-state index contributed by atoms with van der Waals surface area (Å²) < 4.78 is 0. The Kier molecular flexibility index (Phi) is 3.85. The quantitative estimate of drug-likeness (QED) is 0.636. The molecule has 0 spiro atoms. The van der Waals surface area contributed by atoms with E-state index in [1.54, 1.807) is 11.0 Å². The Labute approximate surface area is 115 Å². The van der Waals surface area contributed by atoms with Gasteiger partial charge in [0.15, 0.2) is 5.78 Å². The van der Waals surface area contributed by atoms with Gasteiger partial charge in [0.2, 0.25) is 5.91 Å². The third kappa shape index (κ3) is 2.34. The highest BCUT2D eigenvalue weighted by molar-refractivity contribution is 9.10. The summed E-state index contributed by atoms with van der Waals surface area (Å²) in [6.45, 7) is 4.41. The maximum Gasteiger partial charge on any atom is 0.226 e. The van der Waals surface area contributed by atoms with Crippen molar-refractivity contribution in [3.63, 3.8) is 0 Å². The molecular formula is C14H16BrNO2. The van der Waals surface area contributed by atoms with E-state index in [9.17, 15) is 9.59 Å². The first-order valence-corrected chi connectivity index (χ1v) is 7.07. The van der Waals surface area contributed by atoms with Crippen LogP contribution in [0.3, 0.4) is 0 Å². The molecule has 1 aliphatic heterocycles. The zero-order valence-electron chi connectivity index (χ0n) is 10.6. The minimum absolute atomic E-state index is 0.0815. The van der Waals surface area contributed by atoms with E-state index in [0.29, 0.717) is 12.0 Å². The summed E-state index contributed by atoms with van der Waals surface area (Å²) in [5.74, 6) is 0.222. The van der Waals surface area contributed by atoms with Gasteiger partial charge >= 0.3 is 0 Å².